The second kappa shape index (κ2) is 7.58. The minimum Gasteiger partial charge on any atom is -0.361 e. The van der Waals surface area contributed by atoms with Gasteiger partial charge in [-0.1, -0.05) is 17.7 Å². The van der Waals surface area contributed by atoms with Crippen molar-refractivity contribution >= 4 is 34.6 Å². The van der Waals surface area contributed by atoms with E-state index >= 15 is 0 Å². The molecule has 27 heavy (non-hydrogen) atoms. The average molecular weight is 391 g/mol. The predicted octanol–water partition coefficient (Wildman–Crippen LogP) is 3.12. The molecule has 0 saturated carbocycles. The Kier molecular flexibility index (Phi) is 5.22. The number of nitro groups is 2. The molecule has 0 radical (unpaired) electrons. The van der Waals surface area contributed by atoms with E-state index in [1.54, 1.807) is 15.9 Å². The van der Waals surface area contributed by atoms with Gasteiger partial charge in [0, 0.05) is 49.9 Å². The van der Waals surface area contributed by atoms with Crippen LogP contribution in [0.1, 0.15) is 10.4 Å². The lowest BCUT2D eigenvalue weighted by Gasteiger charge is -2.36. The van der Waals surface area contributed by atoms with E-state index in [2.05, 4.69) is 0 Å². The van der Waals surface area contributed by atoms with Crippen molar-refractivity contribution in [1.82, 2.24) is 4.90 Å². The molecular formula is C17H15ClN4O5. The summed E-state index contributed by atoms with van der Waals surface area (Å²) in [6, 6.07) is 9.94. The highest BCUT2D eigenvalue weighted by Crippen LogP contribution is 2.35. The van der Waals surface area contributed by atoms with E-state index in [-0.39, 0.29) is 17.3 Å². The summed E-state index contributed by atoms with van der Waals surface area (Å²) in [6.45, 7) is 1.50. The molecular weight excluding hydrogens is 376 g/mol. The van der Waals surface area contributed by atoms with Crippen molar-refractivity contribution in [2.45, 2.75) is 0 Å². The standard InChI is InChI=1S/C17H15ClN4O5/c18-14-2-1-3-15(22(26)27)16(14)19-8-10-20(11-9-19)17(23)12-4-6-13(7-5-12)21(24)25/h1-7H,8-11H2. The van der Waals surface area contributed by atoms with Crippen molar-refractivity contribution in [3.63, 3.8) is 0 Å². The third-order valence-electron chi connectivity index (χ3n) is 4.37. The van der Waals surface area contributed by atoms with Crippen LogP contribution < -0.4 is 4.90 Å². The van der Waals surface area contributed by atoms with Crippen molar-refractivity contribution in [2.75, 3.05) is 31.1 Å². The van der Waals surface area contributed by atoms with Gasteiger partial charge < -0.3 is 9.80 Å². The summed E-state index contributed by atoms with van der Waals surface area (Å²) in [5.41, 5.74) is 0.560. The third kappa shape index (κ3) is 3.82. The molecule has 2 aromatic carbocycles. The summed E-state index contributed by atoms with van der Waals surface area (Å²) in [5.74, 6) is -0.238. The molecule has 1 saturated heterocycles. The number of piperazine rings is 1. The zero-order valence-corrected chi connectivity index (χ0v) is 14.8. The molecule has 140 valence electrons. The number of carbonyl (C=O) groups excluding carboxylic acids is 1. The fourth-order valence-corrected chi connectivity index (χ4v) is 3.29. The number of nitro benzene ring substituents is 2. The molecule has 0 bridgehead atoms. The lowest BCUT2D eigenvalue weighted by molar-refractivity contribution is -0.384. The van der Waals surface area contributed by atoms with Crippen molar-refractivity contribution in [3.8, 4) is 0 Å². The van der Waals surface area contributed by atoms with Gasteiger partial charge in [0.25, 0.3) is 17.3 Å². The number of non-ortho nitro benzene ring substituents is 1. The number of carbonyl (C=O) groups is 1. The van der Waals surface area contributed by atoms with Crippen LogP contribution in [0.15, 0.2) is 42.5 Å². The van der Waals surface area contributed by atoms with Crippen LogP contribution in [-0.4, -0.2) is 46.8 Å². The first kappa shape index (κ1) is 18.6. The van der Waals surface area contributed by atoms with Gasteiger partial charge in [0.2, 0.25) is 0 Å². The maximum atomic E-state index is 12.6. The van der Waals surface area contributed by atoms with Gasteiger partial charge >= 0.3 is 0 Å². The van der Waals surface area contributed by atoms with Crippen molar-refractivity contribution in [3.05, 3.63) is 73.3 Å². The molecule has 0 aliphatic carbocycles. The average Bonchev–Trinajstić information content (AvgIpc) is 2.67. The molecule has 9 nitrogen and oxygen atoms in total. The maximum absolute atomic E-state index is 12.6. The van der Waals surface area contributed by atoms with Crippen LogP contribution in [0.5, 0.6) is 0 Å². The zero-order valence-electron chi connectivity index (χ0n) is 14.1. The van der Waals surface area contributed by atoms with Crippen LogP contribution in [0.2, 0.25) is 5.02 Å². The summed E-state index contributed by atoms with van der Waals surface area (Å²) in [7, 11) is 0. The van der Waals surface area contributed by atoms with Crippen LogP contribution in [0, 0.1) is 20.2 Å². The highest BCUT2D eigenvalue weighted by Gasteiger charge is 2.28. The van der Waals surface area contributed by atoms with Gasteiger partial charge in [0.05, 0.1) is 14.9 Å². The molecule has 10 heteroatoms. The summed E-state index contributed by atoms with van der Waals surface area (Å²) in [6.07, 6.45) is 0. The fourth-order valence-electron chi connectivity index (χ4n) is 3.01. The topological polar surface area (TPSA) is 110 Å². The summed E-state index contributed by atoms with van der Waals surface area (Å²) in [5, 5.41) is 22.3. The maximum Gasteiger partial charge on any atom is 0.294 e. The van der Waals surface area contributed by atoms with E-state index in [1.807, 2.05) is 0 Å². The van der Waals surface area contributed by atoms with Gasteiger partial charge in [-0.15, -0.1) is 0 Å². The number of hydrogen-bond donors (Lipinski definition) is 0. The van der Waals surface area contributed by atoms with E-state index in [0.717, 1.165) is 0 Å². The Morgan fingerprint density at radius 3 is 2.11 bits per heavy atom. The Morgan fingerprint density at radius 1 is 0.926 bits per heavy atom. The SMILES string of the molecule is O=C(c1ccc([N+](=O)[O-])cc1)N1CCN(c2c(Cl)cccc2[N+](=O)[O-])CC1. The highest BCUT2D eigenvalue weighted by atomic mass is 35.5. The van der Waals surface area contributed by atoms with Crippen LogP contribution in [0.3, 0.4) is 0 Å². The fraction of sp³-hybridized carbons (Fsp3) is 0.235. The van der Waals surface area contributed by atoms with Crippen LogP contribution in [-0.2, 0) is 0 Å². The molecule has 0 spiro atoms. The molecule has 1 amide bonds. The zero-order chi connectivity index (χ0) is 19.6. The number of anilines is 1. The van der Waals surface area contributed by atoms with Gasteiger partial charge in [-0.25, -0.2) is 0 Å². The van der Waals surface area contributed by atoms with Crippen LogP contribution in [0.4, 0.5) is 17.1 Å². The molecule has 3 rings (SSSR count). The molecule has 0 atom stereocenters. The quantitative estimate of drug-likeness (QED) is 0.586. The Balaban J connectivity index is 1.71. The van der Waals surface area contributed by atoms with Gasteiger partial charge in [-0.3, -0.25) is 25.0 Å². The van der Waals surface area contributed by atoms with Crippen molar-refractivity contribution in [2.24, 2.45) is 0 Å². The largest absolute Gasteiger partial charge is 0.361 e. The Hall–Kier alpha value is -3.20. The van der Waals surface area contributed by atoms with Crippen molar-refractivity contribution < 1.29 is 14.6 Å². The normalized spacial score (nSPS) is 14.1. The summed E-state index contributed by atoms with van der Waals surface area (Å²) in [4.78, 5) is 36.9. The molecule has 1 fully saturated rings. The lowest BCUT2D eigenvalue weighted by atomic mass is 10.1. The van der Waals surface area contributed by atoms with Crippen molar-refractivity contribution in [1.29, 1.82) is 0 Å². The molecule has 0 aromatic heterocycles. The number of halogens is 1. The number of hydrogen-bond acceptors (Lipinski definition) is 6. The monoisotopic (exact) mass is 390 g/mol. The first-order valence-electron chi connectivity index (χ1n) is 8.10. The molecule has 1 heterocycles. The Morgan fingerprint density at radius 2 is 1.56 bits per heavy atom. The smallest absolute Gasteiger partial charge is 0.294 e. The van der Waals surface area contributed by atoms with Crippen LogP contribution in [0.25, 0.3) is 0 Å². The van der Waals surface area contributed by atoms with Gasteiger partial charge in [0.15, 0.2) is 0 Å². The van der Waals surface area contributed by atoms with E-state index in [9.17, 15) is 25.0 Å². The number of benzene rings is 2. The number of rotatable bonds is 4. The minimum absolute atomic E-state index is 0.0716. The number of nitrogens with zero attached hydrogens (tertiary/aromatic N) is 4. The van der Waals surface area contributed by atoms with E-state index < -0.39 is 9.85 Å². The molecule has 2 aromatic rings. The highest BCUT2D eigenvalue weighted by molar-refractivity contribution is 6.33. The predicted molar refractivity (Wildman–Crippen MR) is 99.3 cm³/mol. The molecule has 1 aliphatic heterocycles. The number of para-hydroxylation sites is 1. The third-order valence-corrected chi connectivity index (χ3v) is 4.68. The van der Waals surface area contributed by atoms with Gasteiger partial charge in [0.1, 0.15) is 5.69 Å². The number of amides is 1. The summed E-state index contributed by atoms with van der Waals surface area (Å²) >= 11 is 6.16. The van der Waals surface area contributed by atoms with Gasteiger partial charge in [-0.05, 0) is 18.2 Å². The second-order valence-electron chi connectivity index (χ2n) is 5.95. The lowest BCUT2D eigenvalue weighted by Crippen LogP contribution is -2.49. The van der Waals surface area contributed by atoms with Gasteiger partial charge in [-0.2, -0.15) is 0 Å². The molecule has 1 aliphatic rings. The van der Waals surface area contributed by atoms with E-state index in [4.69, 9.17) is 11.6 Å². The molecule has 0 N–H and O–H groups in total. The van der Waals surface area contributed by atoms with Crippen LogP contribution >= 0.6 is 11.6 Å². The first-order valence-corrected chi connectivity index (χ1v) is 8.48. The molecule has 0 unspecified atom stereocenters. The second-order valence-corrected chi connectivity index (χ2v) is 6.36. The Bertz CT molecular complexity index is 895. The summed E-state index contributed by atoms with van der Waals surface area (Å²) < 4.78 is 0. The Labute approximate surface area is 159 Å². The first-order chi connectivity index (χ1) is 12.9. The minimum atomic E-state index is -0.524. The van der Waals surface area contributed by atoms with E-state index in [0.29, 0.717) is 42.5 Å². The van der Waals surface area contributed by atoms with E-state index in [1.165, 1.54) is 36.4 Å².